The number of nitrogens with one attached hydrogen (secondary N) is 1. The fourth-order valence-electron chi connectivity index (χ4n) is 3.95. The van der Waals surface area contributed by atoms with E-state index in [1.807, 2.05) is 37.3 Å². The summed E-state index contributed by atoms with van der Waals surface area (Å²) in [7, 11) is 1.61. The molecule has 1 aromatic rings. The maximum atomic E-state index is 13.2. The predicted octanol–water partition coefficient (Wildman–Crippen LogP) is 2.50. The molecular weight excluding hydrogens is 414 g/mol. The molecule has 31 heavy (non-hydrogen) atoms. The number of fused-ring (bicyclic) bond motifs is 3. The Morgan fingerprint density at radius 1 is 1.26 bits per heavy atom. The van der Waals surface area contributed by atoms with E-state index in [4.69, 9.17) is 9.72 Å². The lowest BCUT2D eigenvalue weighted by atomic mass is 10.1. The second kappa shape index (κ2) is 9.65. The highest BCUT2D eigenvalue weighted by atomic mass is 32.2. The van der Waals surface area contributed by atoms with Crippen LogP contribution in [0.5, 0.6) is 0 Å². The predicted molar refractivity (Wildman–Crippen MR) is 120 cm³/mol. The van der Waals surface area contributed by atoms with Gasteiger partial charge >= 0.3 is 0 Å². The summed E-state index contributed by atoms with van der Waals surface area (Å²) in [6.45, 7) is 3.16. The zero-order chi connectivity index (χ0) is 21.8. The topological polar surface area (TPSA) is 91.0 Å². The van der Waals surface area contributed by atoms with Crippen LogP contribution in [0.15, 0.2) is 40.3 Å². The van der Waals surface area contributed by atoms with Gasteiger partial charge in [-0.05, 0) is 38.3 Å². The Morgan fingerprint density at radius 3 is 2.84 bits per heavy atom. The van der Waals surface area contributed by atoms with Gasteiger partial charge in [-0.2, -0.15) is 4.68 Å². The van der Waals surface area contributed by atoms with Crippen LogP contribution in [0.3, 0.4) is 0 Å². The molecule has 0 radical (unpaired) electrons. The monoisotopic (exact) mass is 441 g/mol. The molecule has 1 atom stereocenters. The summed E-state index contributed by atoms with van der Waals surface area (Å²) in [5.41, 5.74) is 2.15. The van der Waals surface area contributed by atoms with Gasteiger partial charge in [-0.3, -0.25) is 9.59 Å². The van der Waals surface area contributed by atoms with Gasteiger partial charge in [-0.15, -0.1) is 5.10 Å². The van der Waals surface area contributed by atoms with Crippen molar-refractivity contribution in [2.24, 2.45) is 0 Å². The number of hydrogen-bond donors (Lipinski definition) is 1. The van der Waals surface area contributed by atoms with E-state index in [9.17, 15) is 9.59 Å². The van der Waals surface area contributed by atoms with Crippen LogP contribution in [0.25, 0.3) is 17.1 Å². The third-order valence-corrected chi connectivity index (χ3v) is 6.30. The van der Waals surface area contributed by atoms with Crippen LogP contribution in [0.4, 0.5) is 0 Å². The van der Waals surface area contributed by atoms with Crippen molar-refractivity contribution in [3.8, 4) is 17.1 Å². The number of amides is 1. The molecule has 0 saturated carbocycles. The van der Waals surface area contributed by atoms with Crippen LogP contribution >= 0.6 is 11.8 Å². The molecule has 0 aromatic heterocycles. The Hall–Kier alpha value is -2.65. The van der Waals surface area contributed by atoms with E-state index in [-0.39, 0.29) is 23.3 Å². The fraction of sp³-hybridized carbons (Fsp3) is 0.455. The average molecular weight is 442 g/mol. The van der Waals surface area contributed by atoms with Crippen molar-refractivity contribution in [1.82, 2.24) is 24.6 Å². The maximum Gasteiger partial charge on any atom is 0.284 e. The lowest BCUT2D eigenvalue weighted by molar-refractivity contribution is -0.119. The first kappa shape index (κ1) is 21.6. The third kappa shape index (κ3) is 4.67. The van der Waals surface area contributed by atoms with Crippen molar-refractivity contribution < 1.29 is 9.53 Å². The molecular formula is C22H27N5O3S. The Morgan fingerprint density at radius 2 is 2.06 bits per heavy atom. The SMILES string of the molecule is COC[C@H](C)NC(=O)CSc1nc2nn(-c3ccccc3)c(=O)c-2c2n1CCCCC2. The second-order valence-corrected chi connectivity index (χ2v) is 8.71. The first-order valence-corrected chi connectivity index (χ1v) is 11.6. The Balaban J connectivity index is 1.69. The van der Waals surface area contributed by atoms with Crippen molar-refractivity contribution >= 4 is 17.7 Å². The Kier molecular flexibility index (Phi) is 6.72. The Bertz CT molecular complexity index is 1080. The molecule has 9 heteroatoms. The average Bonchev–Trinajstić information content (AvgIpc) is 2.93. The largest absolute Gasteiger partial charge is 0.383 e. The number of carbonyl (C=O) groups is 1. The van der Waals surface area contributed by atoms with Gasteiger partial charge in [0.15, 0.2) is 11.0 Å². The summed E-state index contributed by atoms with van der Waals surface area (Å²) in [5, 5.41) is 8.19. The van der Waals surface area contributed by atoms with Gasteiger partial charge < -0.3 is 14.6 Å². The molecule has 1 amide bonds. The maximum absolute atomic E-state index is 13.2. The lowest BCUT2D eigenvalue weighted by Crippen LogP contribution is -2.36. The fourth-order valence-corrected chi connectivity index (χ4v) is 4.80. The van der Waals surface area contributed by atoms with E-state index in [0.717, 1.165) is 48.8 Å². The zero-order valence-electron chi connectivity index (χ0n) is 17.8. The number of hydrogen-bond acceptors (Lipinski definition) is 6. The first-order valence-electron chi connectivity index (χ1n) is 10.6. The minimum atomic E-state index is -0.137. The van der Waals surface area contributed by atoms with Crippen molar-refractivity contribution in [2.75, 3.05) is 19.5 Å². The number of carbonyl (C=O) groups excluding carboxylic acids is 1. The number of rotatable bonds is 7. The van der Waals surface area contributed by atoms with Gasteiger partial charge in [0.25, 0.3) is 5.56 Å². The van der Waals surface area contributed by atoms with Crippen LogP contribution in [-0.4, -0.2) is 50.8 Å². The number of benzene rings is 1. The van der Waals surface area contributed by atoms with Crippen LogP contribution in [0.1, 0.15) is 31.9 Å². The molecule has 0 saturated heterocycles. The summed E-state index contributed by atoms with van der Waals surface area (Å²) in [4.78, 5) is 30.3. The molecule has 164 valence electrons. The molecule has 0 spiro atoms. The Labute approximate surface area is 185 Å². The van der Waals surface area contributed by atoms with Crippen molar-refractivity contribution in [3.63, 3.8) is 0 Å². The third-order valence-electron chi connectivity index (χ3n) is 5.32. The molecule has 0 unspecified atom stereocenters. The van der Waals surface area contributed by atoms with Gasteiger partial charge in [0.1, 0.15) is 5.56 Å². The number of ether oxygens (including phenoxy) is 1. The molecule has 1 aromatic carbocycles. The molecule has 3 aliphatic heterocycles. The van der Waals surface area contributed by atoms with Gasteiger partial charge in [0, 0.05) is 25.4 Å². The number of nitrogens with zero attached hydrogens (tertiary/aromatic N) is 4. The lowest BCUT2D eigenvalue weighted by Gasteiger charge is -2.18. The number of aromatic nitrogens is 4. The van der Waals surface area contributed by atoms with Crippen LogP contribution < -0.4 is 10.9 Å². The minimum absolute atomic E-state index is 0.0529. The highest BCUT2D eigenvalue weighted by Gasteiger charge is 2.27. The molecule has 8 nitrogen and oxygen atoms in total. The molecule has 0 aliphatic carbocycles. The van der Waals surface area contributed by atoms with Crippen LogP contribution in [-0.2, 0) is 22.5 Å². The molecule has 0 bridgehead atoms. The molecule has 1 N–H and O–H groups in total. The van der Waals surface area contributed by atoms with E-state index < -0.39 is 0 Å². The highest BCUT2D eigenvalue weighted by molar-refractivity contribution is 7.99. The van der Waals surface area contributed by atoms with E-state index in [1.165, 1.54) is 16.4 Å². The van der Waals surface area contributed by atoms with Crippen LogP contribution in [0, 0.1) is 0 Å². The summed E-state index contributed by atoms with van der Waals surface area (Å²) in [6, 6.07) is 9.34. The summed E-state index contributed by atoms with van der Waals surface area (Å²) in [5.74, 6) is 0.617. The van der Waals surface area contributed by atoms with Gasteiger partial charge in [0.05, 0.1) is 18.0 Å². The standard InChI is InChI=1S/C22H27N5O3S/c1-15(13-30-2)23-18(28)14-31-22-24-20-19(17-11-7-4-8-12-26(17)22)21(29)27(25-20)16-9-5-3-6-10-16/h3,5-6,9-10,15H,4,7-8,11-14H2,1-2H3,(H,23,28)/t15-/m0/s1. The summed E-state index contributed by atoms with van der Waals surface area (Å²) in [6.07, 6.45) is 3.95. The second-order valence-electron chi connectivity index (χ2n) is 7.77. The first-order chi connectivity index (χ1) is 15.1. The number of methoxy groups -OCH3 is 1. The molecule has 4 rings (SSSR count). The summed E-state index contributed by atoms with van der Waals surface area (Å²) < 4.78 is 8.62. The van der Waals surface area contributed by atoms with Crippen molar-refractivity contribution in [1.29, 1.82) is 0 Å². The zero-order valence-corrected chi connectivity index (χ0v) is 18.7. The quantitative estimate of drug-likeness (QED) is 0.448. The van der Waals surface area contributed by atoms with Gasteiger partial charge in [-0.1, -0.05) is 36.4 Å². The van der Waals surface area contributed by atoms with Gasteiger partial charge in [-0.25, -0.2) is 4.98 Å². The van der Waals surface area contributed by atoms with E-state index >= 15 is 0 Å². The molecule has 3 aliphatic rings. The van der Waals surface area contributed by atoms with Crippen molar-refractivity contribution in [3.05, 3.63) is 46.4 Å². The van der Waals surface area contributed by atoms with E-state index in [1.54, 1.807) is 7.11 Å². The minimum Gasteiger partial charge on any atom is -0.383 e. The van der Waals surface area contributed by atoms with Gasteiger partial charge in [0.2, 0.25) is 5.91 Å². The van der Waals surface area contributed by atoms with Crippen LogP contribution in [0.2, 0.25) is 0 Å². The molecule has 3 heterocycles. The van der Waals surface area contributed by atoms with Crippen molar-refractivity contribution in [2.45, 2.75) is 50.4 Å². The molecule has 0 fully saturated rings. The summed E-state index contributed by atoms with van der Waals surface area (Å²) >= 11 is 1.39. The van der Waals surface area contributed by atoms with E-state index in [2.05, 4.69) is 15.0 Å². The normalized spacial score (nSPS) is 14.8. The smallest absolute Gasteiger partial charge is 0.284 e. The van der Waals surface area contributed by atoms with E-state index in [0.29, 0.717) is 18.0 Å². The number of para-hydroxylation sites is 1. The highest BCUT2D eigenvalue weighted by Crippen LogP contribution is 2.30. The number of thioether (sulfide) groups is 1.